The summed E-state index contributed by atoms with van der Waals surface area (Å²) in [5.74, 6) is 1.17. The third-order valence-corrected chi connectivity index (χ3v) is 11.3. The van der Waals surface area contributed by atoms with Crippen molar-refractivity contribution in [3.8, 4) is 5.75 Å². The molecule has 2 aliphatic heterocycles. The average molecular weight is 533 g/mol. The molecule has 3 heteroatoms. The highest BCUT2D eigenvalue weighted by Gasteiger charge is 2.70. The second-order valence-corrected chi connectivity index (χ2v) is 12.6. The summed E-state index contributed by atoms with van der Waals surface area (Å²) in [6.45, 7) is 16.3. The molecule has 3 nitrogen and oxygen atoms in total. The standard InChI is InChI=1S/C33H32N2O.2C2H6/c1-17-8-9-21-15-25-32(3)16-23-18(2)26-22-11-10-19-6-5-7-20(27(19)22)14-24(26)34-29(23)31-33(32,12-13-35(25)4)28(21)30(17)36-31;2*1-2/h5-9,14,25,31H,10-13,15-16H2,1-4H3;2*1-2H3/t25-,31+,32+,33+;;/m1../s1. The molecule has 1 aromatic heterocycles. The minimum absolute atomic E-state index is 0.0105. The zero-order valence-corrected chi connectivity index (χ0v) is 25.7. The van der Waals surface area contributed by atoms with Crippen LogP contribution in [-0.2, 0) is 31.1 Å². The van der Waals surface area contributed by atoms with Crippen molar-refractivity contribution in [2.75, 3.05) is 13.6 Å². The lowest BCUT2D eigenvalue weighted by Gasteiger charge is -2.64. The van der Waals surface area contributed by atoms with E-state index in [2.05, 4.69) is 69.1 Å². The zero-order valence-electron chi connectivity index (χ0n) is 25.7. The zero-order chi connectivity index (χ0) is 28.1. The predicted molar refractivity (Wildman–Crippen MR) is 167 cm³/mol. The van der Waals surface area contributed by atoms with Crippen LogP contribution in [0.3, 0.4) is 0 Å². The van der Waals surface area contributed by atoms with Gasteiger partial charge in [-0.2, -0.15) is 0 Å². The molecule has 1 fully saturated rings. The van der Waals surface area contributed by atoms with E-state index in [-0.39, 0.29) is 16.9 Å². The lowest BCUT2D eigenvalue weighted by Crippen LogP contribution is -2.68. The Balaban J connectivity index is 0.000000636. The number of piperidine rings is 1. The van der Waals surface area contributed by atoms with E-state index in [1.165, 1.54) is 72.1 Å². The van der Waals surface area contributed by atoms with E-state index < -0.39 is 0 Å². The molecule has 0 N–H and O–H groups in total. The third kappa shape index (κ3) is 2.88. The Morgan fingerprint density at radius 2 is 1.75 bits per heavy atom. The van der Waals surface area contributed by atoms with E-state index >= 15 is 0 Å². The summed E-state index contributed by atoms with van der Waals surface area (Å²) in [4.78, 5) is 8.21. The van der Waals surface area contributed by atoms with Gasteiger partial charge >= 0.3 is 0 Å². The number of hydrogen-bond donors (Lipinski definition) is 0. The quantitative estimate of drug-likeness (QED) is 0.213. The summed E-state index contributed by atoms with van der Waals surface area (Å²) in [7, 11) is 2.35. The molecule has 4 aromatic rings. The van der Waals surface area contributed by atoms with Crippen LogP contribution < -0.4 is 4.74 Å². The molecule has 4 atom stereocenters. The van der Waals surface area contributed by atoms with E-state index in [9.17, 15) is 0 Å². The van der Waals surface area contributed by atoms with Crippen molar-refractivity contribution in [3.63, 3.8) is 0 Å². The summed E-state index contributed by atoms with van der Waals surface area (Å²) in [6.07, 6.45) is 5.67. The molecule has 0 radical (unpaired) electrons. The van der Waals surface area contributed by atoms with Crippen LogP contribution in [0.25, 0.3) is 21.7 Å². The van der Waals surface area contributed by atoms with E-state index in [0.29, 0.717) is 6.04 Å². The first-order valence-corrected chi connectivity index (χ1v) is 15.8. The van der Waals surface area contributed by atoms with Gasteiger partial charge in [0.1, 0.15) is 5.75 Å². The van der Waals surface area contributed by atoms with Crippen molar-refractivity contribution < 1.29 is 4.74 Å². The number of likely N-dealkylation sites (N-methyl/N-ethyl adjacent to an activating group) is 1. The Morgan fingerprint density at radius 3 is 2.55 bits per heavy atom. The summed E-state index contributed by atoms with van der Waals surface area (Å²) in [5.41, 5.74) is 12.8. The molecule has 208 valence electrons. The Morgan fingerprint density at radius 1 is 0.950 bits per heavy atom. The maximum atomic E-state index is 7.11. The van der Waals surface area contributed by atoms with Crippen molar-refractivity contribution in [2.24, 2.45) is 5.41 Å². The first-order valence-electron chi connectivity index (χ1n) is 15.8. The first-order chi connectivity index (χ1) is 19.4. The van der Waals surface area contributed by atoms with Crippen LogP contribution in [0.4, 0.5) is 0 Å². The normalized spacial score (nSPS) is 28.2. The van der Waals surface area contributed by atoms with Gasteiger partial charge in [0.05, 0.1) is 16.6 Å². The van der Waals surface area contributed by atoms with E-state index in [1.807, 2.05) is 27.7 Å². The van der Waals surface area contributed by atoms with Crippen molar-refractivity contribution >= 4 is 21.7 Å². The van der Waals surface area contributed by atoms with Crippen molar-refractivity contribution in [1.29, 1.82) is 0 Å². The van der Waals surface area contributed by atoms with Crippen molar-refractivity contribution in [3.05, 3.63) is 81.0 Å². The minimum Gasteiger partial charge on any atom is -0.483 e. The average Bonchev–Trinajstić information content (AvgIpc) is 3.56. The molecular weight excluding hydrogens is 488 g/mol. The highest BCUT2D eigenvalue weighted by molar-refractivity contribution is 6.05. The SMILES string of the molecule is CC.CC.Cc1ccc2c3c1O[C@H]1c4nc5cc6cccc7c6c(c5c(C)c4C[C@@]4(C)[C@@H](C2)N(C)CC[C@]314)CC7. The van der Waals surface area contributed by atoms with Crippen LogP contribution in [0.1, 0.15) is 91.8 Å². The van der Waals surface area contributed by atoms with E-state index in [4.69, 9.17) is 9.72 Å². The number of rotatable bonds is 0. The van der Waals surface area contributed by atoms with Gasteiger partial charge in [0.2, 0.25) is 0 Å². The van der Waals surface area contributed by atoms with Gasteiger partial charge < -0.3 is 9.64 Å². The summed E-state index contributed by atoms with van der Waals surface area (Å²) in [6, 6.07) is 14.4. The fraction of sp³-hybridized carbons (Fsp3) is 0.486. The van der Waals surface area contributed by atoms with Crippen LogP contribution >= 0.6 is 0 Å². The molecule has 5 aliphatic rings. The molecule has 1 spiro atoms. The molecule has 0 unspecified atom stereocenters. The fourth-order valence-electron chi connectivity index (χ4n) is 9.64. The second kappa shape index (κ2) is 8.79. The van der Waals surface area contributed by atoms with E-state index in [0.717, 1.165) is 38.6 Å². The molecule has 3 heterocycles. The lowest BCUT2D eigenvalue weighted by molar-refractivity contribution is -0.0910. The second-order valence-electron chi connectivity index (χ2n) is 12.6. The van der Waals surface area contributed by atoms with Crippen LogP contribution in [-0.4, -0.2) is 29.5 Å². The maximum absolute atomic E-state index is 7.11. The van der Waals surface area contributed by atoms with Gasteiger partial charge in [-0.3, -0.25) is 0 Å². The monoisotopic (exact) mass is 532 g/mol. The van der Waals surface area contributed by atoms with Crippen LogP contribution in [0.15, 0.2) is 36.4 Å². The Labute approximate surface area is 239 Å². The highest BCUT2D eigenvalue weighted by atomic mass is 16.5. The molecule has 9 rings (SSSR count). The molecule has 0 saturated carbocycles. The molecule has 1 saturated heterocycles. The number of hydrogen-bond acceptors (Lipinski definition) is 3. The largest absolute Gasteiger partial charge is 0.483 e. The molecule has 3 aromatic carbocycles. The molecule has 3 aliphatic carbocycles. The highest BCUT2D eigenvalue weighted by Crippen LogP contribution is 2.71. The van der Waals surface area contributed by atoms with Crippen LogP contribution in [0.5, 0.6) is 5.75 Å². The Kier molecular flexibility index (Phi) is 5.72. The fourth-order valence-corrected chi connectivity index (χ4v) is 9.64. The Hall–Kier alpha value is -2.91. The predicted octanol–water partition coefficient (Wildman–Crippen LogP) is 8.35. The molecule has 2 bridgehead atoms. The number of benzene rings is 3. The van der Waals surface area contributed by atoms with E-state index in [1.54, 1.807) is 0 Å². The number of fused-ring (bicyclic) bond motifs is 4. The van der Waals surface area contributed by atoms with Gasteiger partial charge in [-0.1, -0.05) is 65.0 Å². The van der Waals surface area contributed by atoms with Gasteiger partial charge in [-0.05, 0) is 110 Å². The minimum atomic E-state index is 0.0105. The number of likely N-dealkylation sites (tertiary alicyclic amines) is 1. The number of pyridine rings is 1. The lowest BCUT2D eigenvalue weighted by atomic mass is 9.44. The number of aryl methyl sites for hydroxylation is 4. The number of aromatic nitrogens is 1. The maximum Gasteiger partial charge on any atom is 0.151 e. The van der Waals surface area contributed by atoms with Crippen LogP contribution in [0, 0.1) is 19.3 Å². The molecule has 40 heavy (non-hydrogen) atoms. The van der Waals surface area contributed by atoms with Gasteiger partial charge in [0, 0.05) is 22.4 Å². The van der Waals surface area contributed by atoms with Crippen molar-refractivity contribution in [2.45, 2.75) is 98.1 Å². The van der Waals surface area contributed by atoms with Crippen molar-refractivity contribution in [1.82, 2.24) is 9.88 Å². The third-order valence-electron chi connectivity index (χ3n) is 11.3. The van der Waals surface area contributed by atoms with Gasteiger partial charge in [-0.25, -0.2) is 4.98 Å². The number of nitrogens with zero attached hydrogens (tertiary/aromatic N) is 2. The smallest absolute Gasteiger partial charge is 0.151 e. The molecule has 0 amide bonds. The topological polar surface area (TPSA) is 25.4 Å². The molecular formula is C37H44N2O. The number of ether oxygens (including phenoxy) is 1. The summed E-state index contributed by atoms with van der Waals surface area (Å²) >= 11 is 0. The first kappa shape index (κ1) is 26.0. The summed E-state index contributed by atoms with van der Waals surface area (Å²) in [5, 5.41) is 4.27. The van der Waals surface area contributed by atoms with Crippen LogP contribution in [0.2, 0.25) is 0 Å². The van der Waals surface area contributed by atoms with Gasteiger partial charge in [-0.15, -0.1) is 0 Å². The summed E-state index contributed by atoms with van der Waals surface area (Å²) < 4.78 is 7.11. The van der Waals surface area contributed by atoms with Gasteiger partial charge in [0.25, 0.3) is 0 Å². The van der Waals surface area contributed by atoms with Gasteiger partial charge in [0.15, 0.2) is 6.10 Å². The Bertz CT molecular complexity index is 1700.